The van der Waals surface area contributed by atoms with Crippen molar-refractivity contribution in [2.75, 3.05) is 0 Å². The van der Waals surface area contributed by atoms with E-state index in [4.69, 9.17) is 10.1 Å². The van der Waals surface area contributed by atoms with Gasteiger partial charge in [0.2, 0.25) is 0 Å². The van der Waals surface area contributed by atoms with Gasteiger partial charge in [-0.15, -0.1) is 15.3 Å². The fraction of sp³-hybridized carbons (Fsp3) is 0.435. The molecule has 0 N–H and O–H groups in total. The van der Waals surface area contributed by atoms with Gasteiger partial charge in [0.05, 0.1) is 22.8 Å². The van der Waals surface area contributed by atoms with E-state index in [1.165, 1.54) is 6.42 Å². The van der Waals surface area contributed by atoms with Crippen LogP contribution in [0.2, 0.25) is 0 Å². The average molecular weight is 438 g/mol. The second-order valence-electron chi connectivity index (χ2n) is 10.3. The zero-order valence-electron chi connectivity index (χ0n) is 18.0. The summed E-state index contributed by atoms with van der Waals surface area (Å²) in [6, 6.07) is 10.1. The van der Waals surface area contributed by atoms with Crippen LogP contribution >= 0.6 is 0 Å². The van der Waals surface area contributed by atoms with E-state index in [9.17, 15) is 0 Å². The summed E-state index contributed by atoms with van der Waals surface area (Å²) >= 11 is 0. The van der Waals surface area contributed by atoms with Crippen molar-refractivity contribution in [1.82, 2.24) is 49.6 Å². The van der Waals surface area contributed by atoms with Crippen molar-refractivity contribution in [3.05, 3.63) is 55.0 Å². The maximum Gasteiger partial charge on any atom is 0.170 e. The highest BCUT2D eigenvalue weighted by atomic mass is 15.6. The average Bonchev–Trinajstić information content (AvgIpc) is 3.58. The number of hydrogen-bond acceptors (Lipinski definition) is 7. The van der Waals surface area contributed by atoms with Crippen LogP contribution in [0.4, 0.5) is 0 Å². The molecule has 4 heterocycles. The Kier molecular flexibility index (Phi) is 3.24. The third kappa shape index (κ3) is 2.35. The van der Waals surface area contributed by atoms with Gasteiger partial charge in [-0.2, -0.15) is 9.90 Å². The topological polar surface area (TPSA) is 105 Å². The first-order chi connectivity index (χ1) is 16.2. The minimum absolute atomic E-state index is 0.0501. The van der Waals surface area contributed by atoms with Crippen molar-refractivity contribution in [3.63, 3.8) is 0 Å². The zero-order chi connectivity index (χ0) is 21.6. The SMILES string of the molecule is c1ccc(-n2ncc3c2ncn2nc(C45CC6CC(C4)CC(n4ncnn4)(C6)C5)nc32)cc1. The monoisotopic (exact) mass is 438 g/mol. The van der Waals surface area contributed by atoms with Crippen molar-refractivity contribution in [1.29, 1.82) is 0 Å². The van der Waals surface area contributed by atoms with E-state index in [1.807, 2.05) is 50.5 Å². The van der Waals surface area contributed by atoms with Crippen LogP contribution in [0.15, 0.2) is 49.2 Å². The molecule has 0 spiro atoms. The summed E-state index contributed by atoms with van der Waals surface area (Å²) in [6.45, 7) is 0. The van der Waals surface area contributed by atoms with Crippen LogP contribution in [-0.2, 0) is 11.0 Å². The van der Waals surface area contributed by atoms with Gasteiger partial charge < -0.3 is 0 Å². The maximum atomic E-state index is 5.14. The molecule has 164 valence electrons. The van der Waals surface area contributed by atoms with E-state index in [-0.39, 0.29) is 11.0 Å². The Bertz CT molecular complexity index is 1480. The summed E-state index contributed by atoms with van der Waals surface area (Å²) in [4.78, 5) is 11.7. The van der Waals surface area contributed by atoms with Gasteiger partial charge in [-0.05, 0) is 67.7 Å². The Balaban J connectivity index is 1.27. The Morgan fingerprint density at radius 2 is 1.79 bits per heavy atom. The summed E-state index contributed by atoms with van der Waals surface area (Å²) in [7, 11) is 0. The number of aromatic nitrogens is 10. The molecule has 33 heavy (non-hydrogen) atoms. The molecular weight excluding hydrogens is 416 g/mol. The zero-order valence-corrected chi connectivity index (χ0v) is 18.0. The van der Waals surface area contributed by atoms with Gasteiger partial charge in [0, 0.05) is 5.41 Å². The van der Waals surface area contributed by atoms with Crippen LogP contribution < -0.4 is 0 Å². The molecule has 10 nitrogen and oxygen atoms in total. The molecule has 2 atom stereocenters. The molecule has 4 aliphatic rings. The predicted molar refractivity (Wildman–Crippen MR) is 118 cm³/mol. The van der Waals surface area contributed by atoms with Crippen molar-refractivity contribution < 1.29 is 0 Å². The fourth-order valence-corrected chi connectivity index (χ4v) is 7.40. The first-order valence-electron chi connectivity index (χ1n) is 11.6. The highest BCUT2D eigenvalue weighted by molar-refractivity contribution is 5.89. The van der Waals surface area contributed by atoms with E-state index in [2.05, 4.69) is 25.5 Å². The molecular formula is C23H22N10. The molecule has 4 aromatic heterocycles. The largest absolute Gasteiger partial charge is 0.216 e. The van der Waals surface area contributed by atoms with Crippen LogP contribution in [0, 0.1) is 11.8 Å². The van der Waals surface area contributed by atoms with Gasteiger partial charge in [-0.1, -0.05) is 18.2 Å². The molecule has 4 saturated carbocycles. The molecule has 0 aliphatic heterocycles. The van der Waals surface area contributed by atoms with Gasteiger partial charge in [-0.3, -0.25) is 0 Å². The number of tetrazole rings is 1. The Morgan fingerprint density at radius 1 is 0.939 bits per heavy atom. The summed E-state index contributed by atoms with van der Waals surface area (Å²) in [5.74, 6) is 2.24. The molecule has 0 amide bonds. The number of rotatable bonds is 3. The van der Waals surface area contributed by atoms with Gasteiger partial charge in [-0.25, -0.2) is 19.2 Å². The second-order valence-corrected chi connectivity index (χ2v) is 10.3. The normalized spacial score (nSPS) is 30.5. The van der Waals surface area contributed by atoms with Gasteiger partial charge in [0.15, 0.2) is 23.4 Å². The molecule has 9 rings (SSSR count). The molecule has 0 saturated heterocycles. The summed E-state index contributed by atoms with van der Waals surface area (Å²) in [5, 5.41) is 23.3. The first-order valence-corrected chi connectivity index (χ1v) is 11.6. The number of para-hydroxylation sites is 1. The molecule has 4 bridgehead atoms. The van der Waals surface area contributed by atoms with E-state index >= 15 is 0 Å². The lowest BCUT2D eigenvalue weighted by Gasteiger charge is -2.60. The van der Waals surface area contributed by atoms with Crippen LogP contribution in [0.5, 0.6) is 0 Å². The van der Waals surface area contributed by atoms with E-state index in [1.54, 1.807) is 12.7 Å². The van der Waals surface area contributed by atoms with Crippen molar-refractivity contribution in [2.45, 2.75) is 49.5 Å². The van der Waals surface area contributed by atoms with Crippen molar-refractivity contribution >= 4 is 16.7 Å². The highest BCUT2D eigenvalue weighted by Crippen LogP contribution is 2.63. The van der Waals surface area contributed by atoms with Gasteiger partial charge >= 0.3 is 0 Å². The predicted octanol–water partition coefficient (Wildman–Crippen LogP) is 2.70. The van der Waals surface area contributed by atoms with Crippen LogP contribution in [-0.4, -0.2) is 49.6 Å². The lowest BCUT2D eigenvalue weighted by Crippen LogP contribution is -2.59. The van der Waals surface area contributed by atoms with Crippen LogP contribution in [0.3, 0.4) is 0 Å². The minimum Gasteiger partial charge on any atom is -0.216 e. The van der Waals surface area contributed by atoms with Crippen molar-refractivity contribution in [3.8, 4) is 5.69 Å². The fourth-order valence-electron chi connectivity index (χ4n) is 7.40. The number of fused-ring (bicyclic) bond motifs is 3. The summed E-state index contributed by atoms with van der Waals surface area (Å²) < 4.78 is 3.69. The van der Waals surface area contributed by atoms with Gasteiger partial charge in [0.1, 0.15) is 6.33 Å². The smallest absolute Gasteiger partial charge is 0.170 e. The van der Waals surface area contributed by atoms with E-state index < -0.39 is 0 Å². The van der Waals surface area contributed by atoms with E-state index in [0.29, 0.717) is 11.8 Å². The Morgan fingerprint density at radius 3 is 2.58 bits per heavy atom. The molecule has 5 aromatic rings. The first kappa shape index (κ1) is 17.8. The second kappa shape index (κ2) is 6.00. The Labute approximate surface area is 188 Å². The number of benzene rings is 1. The quantitative estimate of drug-likeness (QED) is 0.426. The molecule has 4 aliphatic carbocycles. The highest BCUT2D eigenvalue weighted by Gasteiger charge is 2.61. The van der Waals surface area contributed by atoms with Crippen LogP contribution in [0.1, 0.15) is 44.3 Å². The summed E-state index contributed by atoms with van der Waals surface area (Å²) in [6.07, 6.45) is 12.0. The maximum absolute atomic E-state index is 5.14. The van der Waals surface area contributed by atoms with Crippen LogP contribution in [0.25, 0.3) is 22.4 Å². The van der Waals surface area contributed by atoms with Gasteiger partial charge in [0.25, 0.3) is 0 Å². The van der Waals surface area contributed by atoms with Crippen molar-refractivity contribution in [2.24, 2.45) is 11.8 Å². The summed E-state index contributed by atoms with van der Waals surface area (Å²) in [5.41, 5.74) is 2.48. The number of nitrogens with zero attached hydrogens (tertiary/aromatic N) is 10. The Hall–Kier alpha value is -3.69. The molecule has 1 aromatic carbocycles. The molecule has 10 heteroatoms. The minimum atomic E-state index is -0.0656. The standard InChI is InChI=1S/C23H22N10/c1-2-4-17(5-3-1)32-19-18(11-26-32)20-28-21(29-31(20)14-24-19)22-7-15-6-16(8-22)10-23(9-15,12-22)33-27-13-25-30-33/h1-5,11,13-16H,6-10,12H2. The lowest BCUT2D eigenvalue weighted by atomic mass is 9.46. The lowest BCUT2D eigenvalue weighted by molar-refractivity contribution is -0.0785. The van der Waals surface area contributed by atoms with E-state index in [0.717, 1.165) is 60.3 Å². The third-order valence-electron chi connectivity index (χ3n) is 8.18. The third-order valence-corrected chi connectivity index (χ3v) is 8.18. The number of hydrogen-bond donors (Lipinski definition) is 0. The molecule has 2 unspecified atom stereocenters. The molecule has 4 fully saturated rings. The molecule has 0 radical (unpaired) electrons.